The first kappa shape index (κ1) is 19.1. The number of anilines is 1. The molecule has 0 saturated heterocycles. The summed E-state index contributed by atoms with van der Waals surface area (Å²) >= 11 is 1.43. The van der Waals surface area contributed by atoms with Crippen LogP contribution in [-0.2, 0) is 34.1 Å². The van der Waals surface area contributed by atoms with Gasteiger partial charge in [-0.25, -0.2) is 8.42 Å². The predicted octanol–water partition coefficient (Wildman–Crippen LogP) is 2.16. The Morgan fingerprint density at radius 1 is 1.11 bits per heavy atom. The predicted molar refractivity (Wildman–Crippen MR) is 107 cm³/mol. The lowest BCUT2D eigenvalue weighted by atomic mass is 10.1. The molecule has 2 aromatic rings. The van der Waals surface area contributed by atoms with Crippen LogP contribution in [0.1, 0.15) is 44.9 Å². The fourth-order valence-electron chi connectivity index (χ4n) is 3.63. The first-order valence-corrected chi connectivity index (χ1v) is 11.5. The number of rotatable bonds is 4. The van der Waals surface area contributed by atoms with Crippen molar-refractivity contribution in [2.75, 3.05) is 11.9 Å². The summed E-state index contributed by atoms with van der Waals surface area (Å²) in [6.07, 6.45) is 5.55. The van der Waals surface area contributed by atoms with E-state index in [1.54, 1.807) is 13.1 Å². The normalized spacial score (nSPS) is 16.5. The number of hydrogen-bond donors (Lipinski definition) is 2. The zero-order chi connectivity index (χ0) is 19.9. The van der Waals surface area contributed by atoms with E-state index in [1.807, 2.05) is 6.07 Å². The molecule has 0 unspecified atom stereocenters. The molecule has 0 radical (unpaired) electrons. The van der Waals surface area contributed by atoms with Gasteiger partial charge in [-0.1, -0.05) is 6.42 Å². The second-order valence-corrected chi connectivity index (χ2v) is 9.92. The summed E-state index contributed by atoms with van der Waals surface area (Å²) in [6.45, 7) is 0. The molecule has 9 heteroatoms. The molecular formula is C19H21N3O4S2. The van der Waals surface area contributed by atoms with Gasteiger partial charge >= 0.3 is 0 Å². The Balaban J connectivity index is 1.46. The number of nitrogens with one attached hydrogen (secondary N) is 2. The maximum atomic E-state index is 12.5. The van der Waals surface area contributed by atoms with E-state index in [4.69, 9.17) is 0 Å². The molecule has 0 spiro atoms. The van der Waals surface area contributed by atoms with Crippen LogP contribution in [0.2, 0.25) is 0 Å². The highest BCUT2D eigenvalue weighted by atomic mass is 32.2. The number of thiophene rings is 1. The molecule has 0 atom stereocenters. The zero-order valence-electron chi connectivity index (χ0n) is 15.4. The molecule has 28 heavy (non-hydrogen) atoms. The lowest BCUT2D eigenvalue weighted by Crippen LogP contribution is -2.41. The van der Waals surface area contributed by atoms with Crippen LogP contribution < -0.4 is 15.2 Å². The van der Waals surface area contributed by atoms with Crippen molar-refractivity contribution in [2.45, 2.75) is 43.4 Å². The largest absolute Gasteiger partial charge is 0.315 e. The molecular weight excluding hydrogens is 398 g/mol. The SMILES string of the molecule is CN1C(=O)Cc2cc(S(=O)(=O)NNC(=O)c3cc4c(s3)CCCCC4)ccc21. The second kappa shape index (κ2) is 7.31. The summed E-state index contributed by atoms with van der Waals surface area (Å²) < 4.78 is 25.1. The number of nitrogens with zero attached hydrogens (tertiary/aromatic N) is 1. The van der Waals surface area contributed by atoms with Gasteiger partial charge in [-0.2, -0.15) is 0 Å². The lowest BCUT2D eigenvalue weighted by Gasteiger charge is -2.11. The number of aryl methyl sites for hydroxylation is 2. The number of amides is 2. The summed E-state index contributed by atoms with van der Waals surface area (Å²) in [7, 11) is -2.28. The van der Waals surface area contributed by atoms with E-state index in [2.05, 4.69) is 10.3 Å². The highest BCUT2D eigenvalue weighted by Crippen LogP contribution is 2.30. The number of fused-ring (bicyclic) bond motifs is 2. The fourth-order valence-corrected chi connectivity index (χ4v) is 5.67. The van der Waals surface area contributed by atoms with Gasteiger partial charge in [0.15, 0.2) is 0 Å². The second-order valence-electron chi connectivity index (χ2n) is 7.10. The monoisotopic (exact) mass is 419 g/mol. The zero-order valence-corrected chi connectivity index (χ0v) is 17.1. The standard InChI is InChI=1S/C19H21N3O4S2/c1-22-15-8-7-14(9-13(15)11-18(22)23)28(25,26)21-20-19(24)17-10-12-5-3-2-4-6-16(12)27-17/h7-10,21H,2-6,11H2,1H3,(H,20,24). The maximum absolute atomic E-state index is 12.5. The number of carbonyl (C=O) groups is 2. The third kappa shape index (κ3) is 3.57. The minimum Gasteiger partial charge on any atom is -0.315 e. The molecule has 2 heterocycles. The van der Waals surface area contributed by atoms with Gasteiger partial charge < -0.3 is 4.90 Å². The van der Waals surface area contributed by atoms with Crippen LogP contribution >= 0.6 is 11.3 Å². The van der Waals surface area contributed by atoms with Crippen molar-refractivity contribution < 1.29 is 18.0 Å². The Labute approximate surface area is 167 Å². The van der Waals surface area contributed by atoms with Crippen molar-refractivity contribution in [3.63, 3.8) is 0 Å². The molecule has 1 aliphatic carbocycles. The molecule has 2 amide bonds. The van der Waals surface area contributed by atoms with Crippen LogP contribution in [0.5, 0.6) is 0 Å². The number of hydrazine groups is 1. The molecule has 2 aliphatic rings. The molecule has 148 valence electrons. The van der Waals surface area contributed by atoms with Gasteiger partial charge in [0.1, 0.15) is 0 Å². The van der Waals surface area contributed by atoms with Crippen LogP contribution in [0.4, 0.5) is 5.69 Å². The van der Waals surface area contributed by atoms with Crippen molar-refractivity contribution in [3.8, 4) is 0 Å². The minimum atomic E-state index is -3.93. The molecule has 2 N–H and O–H groups in total. The highest BCUT2D eigenvalue weighted by Gasteiger charge is 2.26. The van der Waals surface area contributed by atoms with Gasteiger partial charge in [0.2, 0.25) is 5.91 Å². The van der Waals surface area contributed by atoms with Gasteiger partial charge in [0.25, 0.3) is 15.9 Å². The smallest absolute Gasteiger partial charge is 0.276 e. The molecule has 1 aromatic heterocycles. The van der Waals surface area contributed by atoms with Gasteiger partial charge in [-0.15, -0.1) is 16.2 Å². The van der Waals surface area contributed by atoms with E-state index in [0.29, 0.717) is 16.1 Å². The Kier molecular flexibility index (Phi) is 4.98. The summed E-state index contributed by atoms with van der Waals surface area (Å²) in [5.41, 5.74) is 4.86. The van der Waals surface area contributed by atoms with Gasteiger partial charge in [0, 0.05) is 17.6 Å². The summed E-state index contributed by atoms with van der Waals surface area (Å²) in [4.78, 5) is 29.6. The van der Waals surface area contributed by atoms with E-state index >= 15 is 0 Å². The van der Waals surface area contributed by atoms with E-state index in [0.717, 1.165) is 25.7 Å². The number of hydrogen-bond acceptors (Lipinski definition) is 5. The van der Waals surface area contributed by atoms with Crippen molar-refractivity contribution in [1.29, 1.82) is 0 Å². The van der Waals surface area contributed by atoms with Crippen molar-refractivity contribution >= 4 is 38.9 Å². The van der Waals surface area contributed by atoms with Crippen molar-refractivity contribution in [1.82, 2.24) is 10.3 Å². The maximum Gasteiger partial charge on any atom is 0.276 e. The Morgan fingerprint density at radius 3 is 2.71 bits per heavy atom. The molecule has 7 nitrogen and oxygen atoms in total. The molecule has 0 fully saturated rings. The van der Waals surface area contributed by atoms with Gasteiger partial charge in [-0.05, 0) is 61.1 Å². The van der Waals surface area contributed by atoms with Crippen LogP contribution in [0.15, 0.2) is 29.2 Å². The number of sulfonamides is 1. The summed E-state index contributed by atoms with van der Waals surface area (Å²) in [6, 6.07) is 6.37. The van der Waals surface area contributed by atoms with E-state index in [-0.39, 0.29) is 17.2 Å². The van der Waals surface area contributed by atoms with Crippen LogP contribution in [0, 0.1) is 0 Å². The molecule has 0 saturated carbocycles. The third-order valence-corrected chi connectivity index (χ3v) is 7.69. The third-order valence-electron chi connectivity index (χ3n) is 5.21. The average Bonchev–Trinajstić information content (AvgIpc) is 3.12. The quantitative estimate of drug-likeness (QED) is 0.586. The number of carbonyl (C=O) groups excluding carboxylic acids is 2. The summed E-state index contributed by atoms with van der Waals surface area (Å²) in [5, 5.41) is 0. The number of likely N-dealkylation sites (N-methyl/N-ethyl adjacent to an activating group) is 1. The Morgan fingerprint density at radius 2 is 1.89 bits per heavy atom. The van der Waals surface area contributed by atoms with Gasteiger partial charge in [0.05, 0.1) is 16.2 Å². The van der Waals surface area contributed by atoms with Gasteiger partial charge in [-0.3, -0.25) is 15.0 Å². The molecule has 4 rings (SSSR count). The van der Waals surface area contributed by atoms with Crippen LogP contribution in [0.3, 0.4) is 0 Å². The molecule has 1 aromatic carbocycles. The minimum absolute atomic E-state index is 0.0108. The lowest BCUT2D eigenvalue weighted by molar-refractivity contribution is -0.117. The Hall–Kier alpha value is -2.23. The van der Waals surface area contributed by atoms with E-state index < -0.39 is 15.9 Å². The fraction of sp³-hybridized carbons (Fsp3) is 0.368. The topological polar surface area (TPSA) is 95.6 Å². The average molecular weight is 420 g/mol. The van der Waals surface area contributed by atoms with E-state index in [9.17, 15) is 18.0 Å². The van der Waals surface area contributed by atoms with Crippen molar-refractivity contribution in [3.05, 3.63) is 45.1 Å². The molecule has 1 aliphatic heterocycles. The number of benzene rings is 1. The van der Waals surface area contributed by atoms with Crippen LogP contribution in [0.25, 0.3) is 0 Å². The Bertz CT molecular complexity index is 1040. The first-order valence-electron chi connectivity index (χ1n) is 9.18. The molecule has 0 bridgehead atoms. The van der Waals surface area contributed by atoms with E-state index in [1.165, 1.54) is 45.2 Å². The summed E-state index contributed by atoms with van der Waals surface area (Å²) in [5.74, 6) is -0.541. The van der Waals surface area contributed by atoms with Crippen LogP contribution in [-0.4, -0.2) is 27.3 Å². The highest BCUT2D eigenvalue weighted by molar-refractivity contribution is 7.89. The van der Waals surface area contributed by atoms with Crippen molar-refractivity contribution in [2.24, 2.45) is 0 Å². The first-order chi connectivity index (χ1) is 13.3.